The highest BCUT2D eigenvalue weighted by atomic mass is 16.5. The molecule has 5 nitrogen and oxygen atoms in total. The molecule has 0 spiro atoms. The maximum atomic E-state index is 12.1. The summed E-state index contributed by atoms with van der Waals surface area (Å²) in [7, 11) is 0. The van der Waals surface area contributed by atoms with Crippen molar-refractivity contribution in [1.29, 1.82) is 0 Å². The van der Waals surface area contributed by atoms with Gasteiger partial charge in [0.25, 0.3) is 0 Å². The molecule has 0 unspecified atom stereocenters. The Labute approximate surface area is 168 Å². The molecule has 0 aliphatic heterocycles. The van der Waals surface area contributed by atoms with E-state index in [0.29, 0.717) is 36.2 Å². The maximum absolute atomic E-state index is 12.1. The number of benzene rings is 2. The number of ether oxygens (including phenoxy) is 1. The summed E-state index contributed by atoms with van der Waals surface area (Å²) in [5.41, 5.74) is 3.80. The van der Waals surface area contributed by atoms with Gasteiger partial charge in [-0.2, -0.15) is 0 Å². The van der Waals surface area contributed by atoms with Crippen molar-refractivity contribution in [1.82, 2.24) is 15.0 Å². The van der Waals surface area contributed by atoms with Gasteiger partial charge in [-0.3, -0.25) is 4.79 Å². The monoisotopic (exact) mass is 383 g/mol. The van der Waals surface area contributed by atoms with Gasteiger partial charge in [-0.25, -0.2) is 9.97 Å². The summed E-state index contributed by atoms with van der Waals surface area (Å²) in [6, 6.07) is 19.8. The maximum Gasteiger partial charge on any atom is 0.231 e. The highest BCUT2D eigenvalue weighted by molar-refractivity contribution is 5.87. The summed E-state index contributed by atoms with van der Waals surface area (Å²) in [5.74, 6) is 2.14. The van der Waals surface area contributed by atoms with Crippen LogP contribution in [0.5, 0.6) is 11.6 Å². The average molecular weight is 383 g/mol. The number of fused-ring (bicyclic) bond motifs is 1. The van der Waals surface area contributed by atoms with E-state index in [1.165, 1.54) is 19.2 Å². The van der Waals surface area contributed by atoms with E-state index in [4.69, 9.17) is 4.74 Å². The Bertz CT molecular complexity index is 1150. The fourth-order valence-corrected chi connectivity index (χ4v) is 3.50. The topological polar surface area (TPSA) is 67.9 Å². The first-order valence-corrected chi connectivity index (χ1v) is 9.92. The molecule has 1 aliphatic carbocycles. The molecule has 1 N–H and O–H groups in total. The largest absolute Gasteiger partial charge is 0.438 e. The number of Topliss-reactive ketones (excluding diaryl/α,β-unsaturated/α-hetero) is 1. The molecule has 144 valence electrons. The third-order valence-corrected chi connectivity index (χ3v) is 5.23. The third-order valence-electron chi connectivity index (χ3n) is 5.23. The van der Waals surface area contributed by atoms with Crippen LogP contribution in [0.15, 0.2) is 67.0 Å². The Morgan fingerprint density at radius 1 is 1.03 bits per heavy atom. The molecule has 2 aromatic carbocycles. The molecule has 0 radical (unpaired) electrons. The van der Waals surface area contributed by atoms with Gasteiger partial charge in [-0.1, -0.05) is 42.5 Å². The molecule has 29 heavy (non-hydrogen) atoms. The number of aromatic nitrogens is 3. The standard InChI is InChI=1S/C24H21N3O2/c28-19(12-16-6-7-16)13-17-8-10-20(11-9-17)29-24-21-14-22(18-4-2-1-3-5-18)27-23(21)25-15-26-24/h1-5,8-11,14-16H,6-7,12-13H2,(H,25,26,27). The Balaban J connectivity index is 1.34. The molecule has 5 heteroatoms. The minimum Gasteiger partial charge on any atom is -0.438 e. The number of carbonyl (C=O) groups is 1. The second-order valence-corrected chi connectivity index (χ2v) is 7.60. The van der Waals surface area contributed by atoms with Gasteiger partial charge in [0.1, 0.15) is 23.5 Å². The number of ketones is 1. The molecule has 0 saturated heterocycles. The first-order valence-electron chi connectivity index (χ1n) is 9.92. The van der Waals surface area contributed by atoms with Crippen LogP contribution in [0, 0.1) is 5.92 Å². The van der Waals surface area contributed by atoms with Crippen molar-refractivity contribution in [2.24, 2.45) is 5.92 Å². The highest BCUT2D eigenvalue weighted by Crippen LogP contribution is 2.33. The van der Waals surface area contributed by atoms with E-state index in [1.54, 1.807) is 0 Å². The molecule has 2 heterocycles. The van der Waals surface area contributed by atoms with E-state index < -0.39 is 0 Å². The Morgan fingerprint density at radius 2 is 1.83 bits per heavy atom. The van der Waals surface area contributed by atoms with E-state index in [-0.39, 0.29) is 0 Å². The van der Waals surface area contributed by atoms with Crippen molar-refractivity contribution in [2.75, 3.05) is 0 Å². The lowest BCUT2D eigenvalue weighted by Gasteiger charge is -2.06. The van der Waals surface area contributed by atoms with E-state index in [0.717, 1.165) is 27.9 Å². The number of H-pyrrole nitrogens is 1. The highest BCUT2D eigenvalue weighted by Gasteiger charge is 2.24. The molecule has 0 bridgehead atoms. The second-order valence-electron chi connectivity index (χ2n) is 7.60. The van der Waals surface area contributed by atoms with Gasteiger partial charge in [0.15, 0.2) is 0 Å². The van der Waals surface area contributed by atoms with Crippen molar-refractivity contribution in [3.8, 4) is 22.9 Å². The summed E-state index contributed by atoms with van der Waals surface area (Å²) in [6.07, 6.45) is 5.11. The van der Waals surface area contributed by atoms with E-state index >= 15 is 0 Å². The number of hydrogen-bond acceptors (Lipinski definition) is 4. The minimum absolute atomic E-state index is 0.319. The molecule has 5 rings (SSSR count). The van der Waals surface area contributed by atoms with E-state index in [9.17, 15) is 4.79 Å². The molecule has 4 aromatic rings. The second kappa shape index (κ2) is 7.51. The van der Waals surface area contributed by atoms with Gasteiger partial charge in [0, 0.05) is 18.5 Å². The first-order chi connectivity index (χ1) is 14.2. The molecule has 0 atom stereocenters. The van der Waals surface area contributed by atoms with Crippen LogP contribution >= 0.6 is 0 Å². The summed E-state index contributed by atoms with van der Waals surface area (Å²) in [4.78, 5) is 24.0. The fourth-order valence-electron chi connectivity index (χ4n) is 3.50. The first kappa shape index (κ1) is 17.6. The Hall–Kier alpha value is -3.47. The lowest BCUT2D eigenvalue weighted by atomic mass is 10.1. The number of rotatable bonds is 7. The van der Waals surface area contributed by atoms with E-state index in [2.05, 4.69) is 15.0 Å². The lowest BCUT2D eigenvalue weighted by Crippen LogP contribution is -2.03. The number of hydrogen-bond donors (Lipinski definition) is 1. The summed E-state index contributed by atoms with van der Waals surface area (Å²) >= 11 is 0. The predicted molar refractivity (Wildman–Crippen MR) is 112 cm³/mol. The normalized spacial score (nSPS) is 13.5. The van der Waals surface area contributed by atoms with Gasteiger partial charge in [0.2, 0.25) is 5.88 Å². The number of nitrogens with zero attached hydrogens (tertiary/aromatic N) is 2. The van der Waals surface area contributed by atoms with Crippen molar-refractivity contribution >= 4 is 16.8 Å². The van der Waals surface area contributed by atoms with Gasteiger partial charge in [0.05, 0.1) is 5.39 Å². The van der Waals surface area contributed by atoms with Crippen LogP contribution in [0.25, 0.3) is 22.3 Å². The van der Waals surface area contributed by atoms with Crippen LogP contribution in [0.3, 0.4) is 0 Å². The molecular formula is C24H21N3O2. The van der Waals surface area contributed by atoms with Gasteiger partial charge >= 0.3 is 0 Å². The zero-order valence-corrected chi connectivity index (χ0v) is 16.0. The van der Waals surface area contributed by atoms with E-state index in [1.807, 2.05) is 60.7 Å². The van der Waals surface area contributed by atoms with Crippen molar-refractivity contribution < 1.29 is 9.53 Å². The lowest BCUT2D eigenvalue weighted by molar-refractivity contribution is -0.118. The third kappa shape index (κ3) is 4.04. The quantitative estimate of drug-likeness (QED) is 0.468. The molecule has 0 amide bonds. The average Bonchev–Trinajstić information content (AvgIpc) is 3.44. The van der Waals surface area contributed by atoms with Gasteiger partial charge < -0.3 is 9.72 Å². The Morgan fingerprint density at radius 3 is 2.59 bits per heavy atom. The minimum atomic E-state index is 0.319. The van der Waals surface area contributed by atoms with Crippen LogP contribution in [-0.4, -0.2) is 20.7 Å². The van der Waals surface area contributed by atoms with Crippen LogP contribution in [0.2, 0.25) is 0 Å². The number of nitrogens with one attached hydrogen (secondary N) is 1. The van der Waals surface area contributed by atoms with Crippen LogP contribution < -0.4 is 4.74 Å². The summed E-state index contributed by atoms with van der Waals surface area (Å²) in [5, 5.41) is 0.829. The molecule has 2 aromatic heterocycles. The van der Waals surface area contributed by atoms with Crippen LogP contribution in [0.1, 0.15) is 24.8 Å². The van der Waals surface area contributed by atoms with Crippen molar-refractivity contribution in [3.63, 3.8) is 0 Å². The summed E-state index contributed by atoms with van der Waals surface area (Å²) < 4.78 is 6.02. The molecule has 1 saturated carbocycles. The summed E-state index contributed by atoms with van der Waals surface area (Å²) in [6.45, 7) is 0. The SMILES string of the molecule is O=C(Cc1ccc(Oc2ncnc3[nH]c(-c4ccccc4)cc23)cc1)CC1CC1. The zero-order valence-electron chi connectivity index (χ0n) is 16.0. The van der Waals surface area contributed by atoms with Crippen LogP contribution in [0.4, 0.5) is 0 Å². The molecule has 1 fully saturated rings. The van der Waals surface area contributed by atoms with Gasteiger partial charge in [-0.05, 0) is 48.1 Å². The van der Waals surface area contributed by atoms with Crippen molar-refractivity contribution in [3.05, 3.63) is 72.6 Å². The van der Waals surface area contributed by atoms with Crippen molar-refractivity contribution in [2.45, 2.75) is 25.7 Å². The number of aromatic amines is 1. The number of carbonyl (C=O) groups excluding carboxylic acids is 1. The Kier molecular flexibility index (Phi) is 4.56. The van der Waals surface area contributed by atoms with Gasteiger partial charge in [-0.15, -0.1) is 0 Å². The molecule has 1 aliphatic rings. The zero-order chi connectivity index (χ0) is 19.6. The fraction of sp³-hybridized carbons (Fsp3) is 0.208. The van der Waals surface area contributed by atoms with Crippen LogP contribution in [-0.2, 0) is 11.2 Å². The predicted octanol–water partition coefficient (Wildman–Crippen LogP) is 5.33. The molecular weight excluding hydrogens is 362 g/mol. The smallest absolute Gasteiger partial charge is 0.231 e.